The first-order valence-electron chi connectivity index (χ1n) is 11.9. The maximum absolute atomic E-state index is 5.26. The van der Waals surface area contributed by atoms with Gasteiger partial charge in [-0.05, 0) is 64.7 Å². The minimum atomic E-state index is 0.927. The lowest BCUT2D eigenvalue weighted by Gasteiger charge is -2.25. The number of thiophene rings is 1. The summed E-state index contributed by atoms with van der Waals surface area (Å²) in [5, 5.41) is 3.02. The van der Waals surface area contributed by atoms with E-state index in [4.69, 9.17) is 4.74 Å². The van der Waals surface area contributed by atoms with Gasteiger partial charge in [0.25, 0.3) is 0 Å². The maximum Gasteiger partial charge on any atom is 0.173 e. The van der Waals surface area contributed by atoms with E-state index in [9.17, 15) is 0 Å². The molecule has 0 bridgehead atoms. The number of para-hydroxylation sites is 2. The van der Waals surface area contributed by atoms with Gasteiger partial charge in [0.1, 0.15) is 0 Å². The highest BCUT2D eigenvalue weighted by atomic mass is 32.1. The number of hydrogen-bond donors (Lipinski definition) is 0. The van der Waals surface area contributed by atoms with E-state index in [1.807, 2.05) is 18.2 Å². The van der Waals surface area contributed by atoms with Gasteiger partial charge >= 0.3 is 0 Å². The molecule has 0 N–H and O–H groups in total. The van der Waals surface area contributed by atoms with Gasteiger partial charge in [0, 0.05) is 22.4 Å². The zero-order valence-electron chi connectivity index (χ0n) is 20.1. The minimum absolute atomic E-state index is 0.927. The predicted molar refractivity (Wildman–Crippen MR) is 156 cm³/mol. The zero-order chi connectivity index (χ0) is 24.6. The smallest absolute Gasteiger partial charge is 0.173 e. The fraction of sp³-hybridized carbons (Fsp3) is 0.0303. The molecule has 1 aromatic heterocycles. The van der Waals surface area contributed by atoms with E-state index in [-0.39, 0.29) is 0 Å². The summed E-state index contributed by atoms with van der Waals surface area (Å²) in [4.78, 5) is 2.27. The summed E-state index contributed by atoms with van der Waals surface area (Å²) in [7, 11) is 1.70. The minimum Gasteiger partial charge on any atom is -0.487 e. The Balaban J connectivity index is 1.29. The molecule has 5 rings (SSSR count). The Morgan fingerprint density at radius 1 is 0.528 bits per heavy atom. The van der Waals surface area contributed by atoms with Crippen LogP contribution in [0.25, 0.3) is 24.3 Å². The predicted octanol–water partition coefficient (Wildman–Crippen LogP) is 9.57. The summed E-state index contributed by atoms with van der Waals surface area (Å²) < 4.78 is 5.26. The van der Waals surface area contributed by atoms with Crippen molar-refractivity contribution in [1.82, 2.24) is 0 Å². The van der Waals surface area contributed by atoms with Crippen LogP contribution in [0.3, 0.4) is 0 Å². The molecule has 0 amide bonds. The Hall–Kier alpha value is -4.34. The molecular weight excluding hydrogens is 458 g/mol. The van der Waals surface area contributed by atoms with E-state index >= 15 is 0 Å². The molecule has 0 spiro atoms. The lowest BCUT2D eigenvalue weighted by atomic mass is 10.1. The molecule has 36 heavy (non-hydrogen) atoms. The summed E-state index contributed by atoms with van der Waals surface area (Å²) in [5.74, 6) is 0. The van der Waals surface area contributed by atoms with Gasteiger partial charge in [-0.15, -0.1) is 11.3 Å². The van der Waals surface area contributed by atoms with Crippen molar-refractivity contribution in [1.29, 1.82) is 0 Å². The summed E-state index contributed by atoms with van der Waals surface area (Å²) in [5.41, 5.74) is 8.06. The van der Waals surface area contributed by atoms with Gasteiger partial charge in [-0.2, -0.15) is 0 Å². The zero-order valence-corrected chi connectivity index (χ0v) is 20.9. The van der Waals surface area contributed by atoms with E-state index in [0.29, 0.717) is 0 Å². The largest absolute Gasteiger partial charge is 0.487 e. The Morgan fingerprint density at radius 3 is 1.39 bits per heavy atom. The van der Waals surface area contributed by atoms with Crippen molar-refractivity contribution in [3.63, 3.8) is 0 Å². The highest BCUT2D eigenvalue weighted by Crippen LogP contribution is 2.34. The summed E-state index contributed by atoms with van der Waals surface area (Å²) in [6.45, 7) is 0. The van der Waals surface area contributed by atoms with Crippen molar-refractivity contribution in [2.45, 2.75) is 0 Å². The first kappa shape index (κ1) is 23.4. The maximum atomic E-state index is 5.26. The number of anilines is 3. The van der Waals surface area contributed by atoms with Crippen LogP contribution in [-0.2, 0) is 0 Å². The summed E-state index contributed by atoms with van der Waals surface area (Å²) >= 11 is 1.61. The second-order valence-electron chi connectivity index (χ2n) is 8.33. The molecule has 0 aliphatic heterocycles. The van der Waals surface area contributed by atoms with Crippen LogP contribution in [-0.4, -0.2) is 7.11 Å². The fourth-order valence-electron chi connectivity index (χ4n) is 3.96. The molecule has 2 nitrogen and oxygen atoms in total. The standard InChI is InChI=1S/C33H27NOS/c1-35-33-24-29(25-36-33)19-18-27-14-12-26(13-15-27)16-17-28-20-22-32(23-21-28)34(30-8-4-2-5-9-30)31-10-6-3-7-11-31/h2-25H,1H3/b17-16+,19-18+. The van der Waals surface area contributed by atoms with Crippen molar-refractivity contribution in [2.75, 3.05) is 12.0 Å². The normalized spacial score (nSPS) is 11.2. The van der Waals surface area contributed by atoms with Gasteiger partial charge in [0.15, 0.2) is 5.06 Å². The van der Waals surface area contributed by atoms with E-state index in [0.717, 1.165) is 33.3 Å². The topological polar surface area (TPSA) is 12.5 Å². The summed E-state index contributed by atoms with van der Waals surface area (Å²) in [6, 6.07) is 40.2. The number of nitrogens with zero attached hydrogens (tertiary/aromatic N) is 1. The third kappa shape index (κ3) is 5.83. The van der Waals surface area contributed by atoms with E-state index in [1.165, 1.54) is 11.1 Å². The molecule has 1 heterocycles. The Kier molecular flexibility index (Phi) is 7.41. The molecular formula is C33H27NOS. The molecule has 4 aromatic carbocycles. The number of ether oxygens (including phenoxy) is 1. The molecule has 0 saturated carbocycles. The average molecular weight is 486 g/mol. The monoisotopic (exact) mass is 485 g/mol. The second-order valence-corrected chi connectivity index (χ2v) is 9.21. The van der Waals surface area contributed by atoms with Crippen LogP contribution in [0.5, 0.6) is 5.06 Å². The van der Waals surface area contributed by atoms with Crippen molar-refractivity contribution in [3.8, 4) is 5.06 Å². The molecule has 3 heteroatoms. The Bertz CT molecular complexity index is 1390. The molecule has 0 aliphatic rings. The van der Waals surface area contributed by atoms with Crippen LogP contribution in [0.15, 0.2) is 121 Å². The van der Waals surface area contributed by atoms with E-state index < -0.39 is 0 Å². The number of methoxy groups -OCH3 is 1. The Labute approximate surface area is 217 Å². The van der Waals surface area contributed by atoms with Crippen LogP contribution >= 0.6 is 11.3 Å². The van der Waals surface area contributed by atoms with Crippen molar-refractivity contribution in [3.05, 3.63) is 143 Å². The van der Waals surface area contributed by atoms with Crippen LogP contribution in [0.1, 0.15) is 22.3 Å². The summed E-state index contributed by atoms with van der Waals surface area (Å²) in [6.07, 6.45) is 8.54. The lowest BCUT2D eigenvalue weighted by Crippen LogP contribution is -2.09. The highest BCUT2D eigenvalue weighted by molar-refractivity contribution is 7.12. The molecule has 0 fully saturated rings. The number of hydrogen-bond acceptors (Lipinski definition) is 3. The van der Waals surface area contributed by atoms with Crippen LogP contribution in [0, 0.1) is 0 Å². The quantitative estimate of drug-likeness (QED) is 0.203. The van der Waals surface area contributed by atoms with Crippen LogP contribution < -0.4 is 9.64 Å². The van der Waals surface area contributed by atoms with Gasteiger partial charge in [-0.25, -0.2) is 0 Å². The van der Waals surface area contributed by atoms with Crippen LogP contribution in [0.4, 0.5) is 17.1 Å². The third-order valence-corrected chi connectivity index (χ3v) is 6.76. The van der Waals surface area contributed by atoms with Gasteiger partial charge in [-0.3, -0.25) is 0 Å². The third-order valence-electron chi connectivity index (χ3n) is 5.85. The number of benzene rings is 4. The second kappa shape index (κ2) is 11.4. The van der Waals surface area contributed by atoms with Crippen molar-refractivity contribution in [2.24, 2.45) is 0 Å². The van der Waals surface area contributed by atoms with Crippen molar-refractivity contribution >= 4 is 52.7 Å². The SMILES string of the molecule is COc1cc(/C=C/c2ccc(/C=C/c3ccc(N(c4ccccc4)c4ccccc4)cc3)cc2)cs1. The average Bonchev–Trinajstić information content (AvgIpc) is 3.42. The molecule has 0 saturated heterocycles. The van der Waals surface area contributed by atoms with E-state index in [2.05, 4.69) is 132 Å². The highest BCUT2D eigenvalue weighted by Gasteiger charge is 2.11. The molecule has 176 valence electrons. The van der Waals surface area contributed by atoms with Gasteiger partial charge in [0.2, 0.25) is 0 Å². The first-order chi connectivity index (χ1) is 17.8. The van der Waals surface area contributed by atoms with Crippen molar-refractivity contribution < 1.29 is 4.74 Å². The number of rotatable bonds is 8. The molecule has 5 aromatic rings. The molecule has 0 atom stereocenters. The van der Waals surface area contributed by atoms with E-state index in [1.54, 1.807) is 18.4 Å². The molecule has 0 radical (unpaired) electrons. The van der Waals surface area contributed by atoms with Crippen LogP contribution in [0.2, 0.25) is 0 Å². The van der Waals surface area contributed by atoms with Gasteiger partial charge < -0.3 is 9.64 Å². The fourth-order valence-corrected chi connectivity index (χ4v) is 4.66. The van der Waals surface area contributed by atoms with Gasteiger partial charge in [0.05, 0.1) is 7.11 Å². The lowest BCUT2D eigenvalue weighted by molar-refractivity contribution is 0.427. The Morgan fingerprint density at radius 2 is 0.944 bits per heavy atom. The molecule has 0 unspecified atom stereocenters. The van der Waals surface area contributed by atoms with Gasteiger partial charge in [-0.1, -0.05) is 97.1 Å². The first-order valence-corrected chi connectivity index (χ1v) is 12.8. The molecule has 0 aliphatic carbocycles.